The lowest BCUT2D eigenvalue weighted by molar-refractivity contribution is -0.112. The van der Waals surface area contributed by atoms with E-state index in [0.29, 0.717) is 11.1 Å². The SMILES string of the molecule is Cc1cc(/C=C(/C#N)C(=O)Nc2ccc(Br)cc2)c(C)n1-c1ccc(C23CC4CC(CC(C4)C2)C3)cc1. The van der Waals surface area contributed by atoms with Crippen LogP contribution in [-0.2, 0) is 10.2 Å². The van der Waals surface area contributed by atoms with Gasteiger partial charge in [0.15, 0.2) is 0 Å². The first-order valence-electron chi connectivity index (χ1n) is 13.3. The van der Waals surface area contributed by atoms with Gasteiger partial charge in [0.2, 0.25) is 0 Å². The summed E-state index contributed by atoms with van der Waals surface area (Å²) < 4.78 is 3.15. The quantitative estimate of drug-likeness (QED) is 0.258. The fourth-order valence-corrected chi connectivity index (χ4v) is 8.06. The van der Waals surface area contributed by atoms with Gasteiger partial charge in [0.05, 0.1) is 0 Å². The van der Waals surface area contributed by atoms with Gasteiger partial charge in [-0.25, -0.2) is 0 Å². The summed E-state index contributed by atoms with van der Waals surface area (Å²) in [6.45, 7) is 4.12. The van der Waals surface area contributed by atoms with Crippen LogP contribution >= 0.6 is 15.9 Å². The van der Waals surface area contributed by atoms with Crippen molar-refractivity contribution in [2.75, 3.05) is 5.32 Å². The molecule has 4 aliphatic rings. The highest BCUT2D eigenvalue weighted by molar-refractivity contribution is 9.10. The lowest BCUT2D eigenvalue weighted by Crippen LogP contribution is -2.48. The molecule has 0 atom stereocenters. The summed E-state index contributed by atoms with van der Waals surface area (Å²) in [5, 5.41) is 12.5. The maximum atomic E-state index is 12.8. The normalized spacial score (nSPS) is 26.2. The third kappa shape index (κ3) is 4.46. The van der Waals surface area contributed by atoms with Crippen LogP contribution in [-0.4, -0.2) is 10.5 Å². The van der Waals surface area contributed by atoms with E-state index >= 15 is 0 Å². The third-order valence-electron chi connectivity index (χ3n) is 9.01. The van der Waals surface area contributed by atoms with Crippen LogP contribution in [0, 0.1) is 42.9 Å². The van der Waals surface area contributed by atoms with Crippen molar-refractivity contribution in [3.63, 3.8) is 0 Å². The van der Waals surface area contributed by atoms with E-state index < -0.39 is 5.91 Å². The van der Waals surface area contributed by atoms with Gasteiger partial charge in [0, 0.05) is 27.2 Å². The first kappa shape index (κ1) is 24.2. The Morgan fingerprint density at radius 2 is 1.59 bits per heavy atom. The number of hydrogen-bond donors (Lipinski definition) is 1. The molecule has 3 aromatic rings. The van der Waals surface area contributed by atoms with Crippen molar-refractivity contribution in [1.82, 2.24) is 4.57 Å². The molecule has 4 fully saturated rings. The Kier molecular flexibility index (Phi) is 6.12. The molecule has 4 saturated carbocycles. The third-order valence-corrected chi connectivity index (χ3v) is 9.54. The van der Waals surface area contributed by atoms with Crippen molar-refractivity contribution in [2.24, 2.45) is 17.8 Å². The minimum absolute atomic E-state index is 0.0836. The van der Waals surface area contributed by atoms with Crippen LogP contribution in [0.25, 0.3) is 11.8 Å². The summed E-state index contributed by atoms with van der Waals surface area (Å²) in [6, 6.07) is 20.7. The number of halogens is 1. The van der Waals surface area contributed by atoms with E-state index in [4.69, 9.17) is 0 Å². The fourth-order valence-electron chi connectivity index (χ4n) is 7.80. The van der Waals surface area contributed by atoms with Crippen LogP contribution in [0.5, 0.6) is 0 Å². The second-order valence-corrected chi connectivity index (χ2v) is 12.5. The summed E-state index contributed by atoms with van der Waals surface area (Å²) in [7, 11) is 0. The van der Waals surface area contributed by atoms with E-state index in [2.05, 4.69) is 63.1 Å². The predicted molar refractivity (Wildman–Crippen MR) is 151 cm³/mol. The summed E-state index contributed by atoms with van der Waals surface area (Å²) in [4.78, 5) is 12.8. The van der Waals surface area contributed by atoms with Gasteiger partial charge in [-0.2, -0.15) is 5.26 Å². The Balaban J connectivity index is 1.25. The summed E-state index contributed by atoms with van der Waals surface area (Å²) in [6.07, 6.45) is 10.2. The second-order valence-electron chi connectivity index (χ2n) is 11.5. The van der Waals surface area contributed by atoms with Crippen LogP contribution in [0.4, 0.5) is 5.69 Å². The van der Waals surface area contributed by atoms with Crippen molar-refractivity contribution < 1.29 is 4.79 Å². The zero-order valence-electron chi connectivity index (χ0n) is 21.4. The first-order valence-corrected chi connectivity index (χ1v) is 14.1. The lowest BCUT2D eigenvalue weighted by Gasteiger charge is -2.57. The summed E-state index contributed by atoms with van der Waals surface area (Å²) in [5.74, 6) is 2.40. The summed E-state index contributed by atoms with van der Waals surface area (Å²) >= 11 is 3.40. The Morgan fingerprint density at radius 1 is 1.00 bits per heavy atom. The smallest absolute Gasteiger partial charge is 0.266 e. The molecular formula is C32H32BrN3O. The highest BCUT2D eigenvalue weighted by atomic mass is 79.9. The average molecular weight is 555 g/mol. The molecule has 0 radical (unpaired) electrons. The molecule has 37 heavy (non-hydrogen) atoms. The molecule has 1 N–H and O–H groups in total. The maximum absolute atomic E-state index is 12.8. The lowest BCUT2D eigenvalue weighted by atomic mass is 9.48. The van der Waals surface area contributed by atoms with E-state index in [-0.39, 0.29) is 5.57 Å². The predicted octanol–water partition coefficient (Wildman–Crippen LogP) is 7.87. The highest BCUT2D eigenvalue weighted by Gasteiger charge is 2.51. The molecule has 0 saturated heterocycles. The largest absolute Gasteiger partial charge is 0.321 e. The number of nitriles is 1. The standard InChI is InChI=1S/C32H32BrN3O/c1-20-11-25(15-26(19-34)31(37)35-29-7-5-28(33)6-8-29)21(2)36(20)30-9-3-27(4-10-30)32-16-22-12-23(17-32)14-24(13-22)18-32/h3-11,15,22-24H,12-14,16-18H2,1-2H3,(H,35,37)/b26-15-. The van der Waals surface area contributed by atoms with Gasteiger partial charge in [0.25, 0.3) is 5.91 Å². The van der Waals surface area contributed by atoms with Crippen LogP contribution in [0.1, 0.15) is 61.0 Å². The number of amides is 1. The number of nitrogens with one attached hydrogen (secondary N) is 1. The van der Waals surface area contributed by atoms with Gasteiger partial charge in [-0.05, 0) is 135 Å². The molecule has 0 aliphatic heterocycles. The van der Waals surface area contributed by atoms with Crippen molar-refractivity contribution in [1.29, 1.82) is 5.26 Å². The average Bonchev–Trinajstić information content (AvgIpc) is 3.15. The van der Waals surface area contributed by atoms with Gasteiger partial charge < -0.3 is 9.88 Å². The monoisotopic (exact) mass is 553 g/mol. The number of nitrogens with zero attached hydrogens (tertiary/aromatic N) is 2. The Bertz CT molecular complexity index is 1390. The van der Waals surface area contributed by atoms with E-state index in [9.17, 15) is 10.1 Å². The van der Waals surface area contributed by atoms with Gasteiger partial charge in [-0.3, -0.25) is 4.79 Å². The molecule has 1 aromatic heterocycles. The number of rotatable bonds is 5. The molecular weight excluding hydrogens is 522 g/mol. The van der Waals surface area contributed by atoms with Crippen molar-refractivity contribution in [3.8, 4) is 11.8 Å². The van der Waals surface area contributed by atoms with E-state index in [0.717, 1.165) is 44.9 Å². The fraction of sp³-hybridized carbons (Fsp3) is 0.375. The van der Waals surface area contributed by atoms with Gasteiger partial charge in [-0.1, -0.05) is 28.1 Å². The first-order chi connectivity index (χ1) is 17.8. The number of aryl methyl sites for hydroxylation is 1. The number of carbonyl (C=O) groups excluding carboxylic acids is 1. The van der Waals surface area contributed by atoms with Crippen LogP contribution in [0.3, 0.4) is 0 Å². The van der Waals surface area contributed by atoms with Crippen LogP contribution in [0.15, 0.2) is 64.6 Å². The van der Waals surface area contributed by atoms with Crippen molar-refractivity contribution in [3.05, 3.63) is 87.2 Å². The van der Waals surface area contributed by atoms with E-state index in [1.807, 2.05) is 25.1 Å². The van der Waals surface area contributed by atoms with Crippen molar-refractivity contribution >= 4 is 33.6 Å². The molecule has 1 amide bonds. The molecule has 4 aliphatic carbocycles. The zero-order chi connectivity index (χ0) is 25.7. The summed E-state index contributed by atoms with van der Waals surface area (Å²) in [5.41, 5.74) is 6.76. The minimum Gasteiger partial charge on any atom is -0.321 e. The topological polar surface area (TPSA) is 57.8 Å². The molecule has 5 heteroatoms. The second kappa shape index (κ2) is 9.33. The van der Waals surface area contributed by atoms with Crippen LogP contribution < -0.4 is 5.32 Å². The Morgan fingerprint density at radius 3 is 2.16 bits per heavy atom. The molecule has 1 heterocycles. The van der Waals surface area contributed by atoms with Gasteiger partial charge in [0.1, 0.15) is 11.6 Å². The van der Waals surface area contributed by atoms with E-state index in [1.165, 1.54) is 44.1 Å². The number of hydrogen-bond acceptors (Lipinski definition) is 2. The van der Waals surface area contributed by atoms with E-state index in [1.54, 1.807) is 18.2 Å². The number of carbonyl (C=O) groups is 1. The van der Waals surface area contributed by atoms with Crippen molar-refractivity contribution in [2.45, 2.75) is 57.8 Å². The van der Waals surface area contributed by atoms with Gasteiger partial charge in [-0.15, -0.1) is 0 Å². The maximum Gasteiger partial charge on any atom is 0.266 e. The Hall–Kier alpha value is -3.10. The van der Waals surface area contributed by atoms with Gasteiger partial charge >= 0.3 is 0 Å². The van der Waals surface area contributed by atoms with Crippen LogP contribution in [0.2, 0.25) is 0 Å². The molecule has 7 rings (SSSR count). The molecule has 0 spiro atoms. The molecule has 4 bridgehead atoms. The zero-order valence-corrected chi connectivity index (χ0v) is 23.0. The minimum atomic E-state index is -0.408. The molecule has 0 unspecified atom stereocenters. The molecule has 2 aromatic carbocycles. The molecule has 188 valence electrons. The Labute approximate surface area is 227 Å². The number of anilines is 1. The number of benzene rings is 2. The highest BCUT2D eigenvalue weighted by Crippen LogP contribution is 2.60. The molecule has 4 nitrogen and oxygen atoms in total. The number of aromatic nitrogens is 1.